The van der Waals surface area contributed by atoms with Gasteiger partial charge in [0.2, 0.25) is 0 Å². The van der Waals surface area contributed by atoms with E-state index in [4.69, 9.17) is 0 Å². The number of thiophene rings is 1. The lowest BCUT2D eigenvalue weighted by Gasteiger charge is -2.12. The molecule has 2 rings (SSSR count). The maximum atomic E-state index is 4.07. The average molecular weight is 222 g/mol. The van der Waals surface area contributed by atoms with Gasteiger partial charge in [0, 0.05) is 17.5 Å². The van der Waals surface area contributed by atoms with E-state index in [-0.39, 0.29) is 0 Å². The minimum atomic E-state index is 0.397. The summed E-state index contributed by atoms with van der Waals surface area (Å²) in [7, 11) is 0. The van der Waals surface area contributed by atoms with Gasteiger partial charge in [0.25, 0.3) is 0 Å². The fourth-order valence-electron chi connectivity index (χ4n) is 1.36. The fourth-order valence-corrected chi connectivity index (χ4v) is 2.02. The summed E-state index contributed by atoms with van der Waals surface area (Å²) in [6.45, 7) is 3.92. The molecule has 0 saturated heterocycles. The van der Waals surface area contributed by atoms with Crippen LogP contribution in [-0.2, 0) is 13.1 Å². The highest BCUT2D eigenvalue weighted by atomic mass is 32.1. The van der Waals surface area contributed by atoms with Crippen LogP contribution in [-0.4, -0.2) is 20.8 Å². The van der Waals surface area contributed by atoms with Crippen molar-refractivity contribution >= 4 is 11.3 Å². The highest BCUT2D eigenvalue weighted by Crippen LogP contribution is 2.07. The molecule has 1 N–H and O–H groups in total. The standard InChI is InChI=1S/C10H14N4S/c1-9(6-14-8-11-7-13-14)12-5-10-3-2-4-15-10/h2-4,7-9,12H,5-6H2,1H3/t9-/m1/s1. The summed E-state index contributed by atoms with van der Waals surface area (Å²) in [4.78, 5) is 5.27. The number of nitrogens with one attached hydrogen (secondary N) is 1. The first-order valence-corrected chi connectivity index (χ1v) is 5.81. The Labute approximate surface area is 93.0 Å². The smallest absolute Gasteiger partial charge is 0.137 e. The lowest BCUT2D eigenvalue weighted by molar-refractivity contribution is 0.451. The molecule has 2 aromatic rings. The first-order valence-electron chi connectivity index (χ1n) is 4.93. The SMILES string of the molecule is C[C@H](Cn1cncn1)NCc1cccs1. The summed E-state index contributed by atoms with van der Waals surface area (Å²) in [6, 6.07) is 4.61. The number of rotatable bonds is 5. The minimum Gasteiger partial charge on any atom is -0.308 e. The third kappa shape index (κ3) is 3.14. The van der Waals surface area contributed by atoms with Gasteiger partial charge in [0.1, 0.15) is 12.7 Å². The molecule has 0 unspecified atom stereocenters. The molecule has 0 aliphatic rings. The van der Waals surface area contributed by atoms with Gasteiger partial charge in [-0.15, -0.1) is 11.3 Å². The number of aromatic nitrogens is 3. The van der Waals surface area contributed by atoms with Gasteiger partial charge in [0.15, 0.2) is 0 Å². The van der Waals surface area contributed by atoms with E-state index in [1.54, 1.807) is 24.0 Å². The van der Waals surface area contributed by atoms with Crippen LogP contribution in [0.5, 0.6) is 0 Å². The van der Waals surface area contributed by atoms with Crippen LogP contribution >= 0.6 is 11.3 Å². The van der Waals surface area contributed by atoms with Gasteiger partial charge in [0.05, 0.1) is 6.54 Å². The topological polar surface area (TPSA) is 42.7 Å². The van der Waals surface area contributed by atoms with Crippen LogP contribution in [0.15, 0.2) is 30.2 Å². The molecule has 5 heteroatoms. The Morgan fingerprint density at radius 1 is 1.60 bits per heavy atom. The van der Waals surface area contributed by atoms with E-state index in [0.29, 0.717) is 6.04 Å². The number of nitrogens with zero attached hydrogens (tertiary/aromatic N) is 3. The minimum absolute atomic E-state index is 0.397. The molecular weight excluding hydrogens is 208 g/mol. The average Bonchev–Trinajstić information content (AvgIpc) is 2.86. The largest absolute Gasteiger partial charge is 0.308 e. The zero-order valence-corrected chi connectivity index (χ0v) is 9.44. The molecule has 0 aliphatic carbocycles. The first-order chi connectivity index (χ1) is 7.34. The summed E-state index contributed by atoms with van der Waals surface area (Å²) in [5.41, 5.74) is 0. The molecule has 2 aromatic heterocycles. The molecule has 1 atom stereocenters. The Balaban J connectivity index is 1.76. The summed E-state index contributed by atoms with van der Waals surface area (Å²) in [5, 5.41) is 9.61. The van der Waals surface area contributed by atoms with Crippen molar-refractivity contribution in [2.24, 2.45) is 0 Å². The zero-order valence-electron chi connectivity index (χ0n) is 8.63. The van der Waals surface area contributed by atoms with Crippen molar-refractivity contribution in [3.8, 4) is 0 Å². The highest BCUT2D eigenvalue weighted by molar-refractivity contribution is 7.09. The van der Waals surface area contributed by atoms with E-state index in [0.717, 1.165) is 13.1 Å². The molecule has 2 heterocycles. The van der Waals surface area contributed by atoms with Gasteiger partial charge in [-0.1, -0.05) is 6.07 Å². The van der Waals surface area contributed by atoms with Crippen LogP contribution < -0.4 is 5.32 Å². The van der Waals surface area contributed by atoms with Gasteiger partial charge >= 0.3 is 0 Å². The Bertz CT molecular complexity index is 368. The highest BCUT2D eigenvalue weighted by Gasteiger charge is 2.03. The molecule has 0 radical (unpaired) electrons. The Morgan fingerprint density at radius 2 is 2.53 bits per heavy atom. The molecule has 0 aromatic carbocycles. The summed E-state index contributed by atoms with van der Waals surface area (Å²) >= 11 is 1.78. The zero-order chi connectivity index (χ0) is 10.5. The van der Waals surface area contributed by atoms with Gasteiger partial charge in [-0.05, 0) is 18.4 Å². The van der Waals surface area contributed by atoms with Gasteiger partial charge in [-0.3, -0.25) is 4.68 Å². The van der Waals surface area contributed by atoms with E-state index in [9.17, 15) is 0 Å². The molecule has 15 heavy (non-hydrogen) atoms. The van der Waals surface area contributed by atoms with Crippen LogP contribution in [0.25, 0.3) is 0 Å². The second kappa shape index (κ2) is 5.04. The molecule has 4 nitrogen and oxygen atoms in total. The molecule has 0 bridgehead atoms. The fraction of sp³-hybridized carbons (Fsp3) is 0.400. The molecule has 0 fully saturated rings. The van der Waals surface area contributed by atoms with E-state index >= 15 is 0 Å². The first kappa shape index (κ1) is 10.3. The predicted octanol–water partition coefficient (Wildman–Crippen LogP) is 1.52. The van der Waals surface area contributed by atoms with E-state index < -0.39 is 0 Å². The molecule has 0 aliphatic heterocycles. The Kier molecular flexibility index (Phi) is 3.47. The monoisotopic (exact) mass is 222 g/mol. The Morgan fingerprint density at radius 3 is 3.20 bits per heavy atom. The quantitative estimate of drug-likeness (QED) is 0.834. The second-order valence-corrected chi connectivity index (χ2v) is 4.51. The lowest BCUT2D eigenvalue weighted by atomic mass is 10.3. The molecule has 80 valence electrons. The third-order valence-electron chi connectivity index (χ3n) is 2.13. The third-order valence-corrected chi connectivity index (χ3v) is 3.01. The Hall–Kier alpha value is -1.20. The van der Waals surface area contributed by atoms with Gasteiger partial charge < -0.3 is 5.32 Å². The van der Waals surface area contributed by atoms with Crippen LogP contribution in [0.2, 0.25) is 0 Å². The normalized spacial score (nSPS) is 12.9. The number of hydrogen-bond acceptors (Lipinski definition) is 4. The predicted molar refractivity (Wildman–Crippen MR) is 60.6 cm³/mol. The van der Waals surface area contributed by atoms with Crippen LogP contribution in [0.3, 0.4) is 0 Å². The van der Waals surface area contributed by atoms with Crippen molar-refractivity contribution in [1.29, 1.82) is 0 Å². The summed E-state index contributed by atoms with van der Waals surface area (Å²) in [6.07, 6.45) is 3.30. The van der Waals surface area contributed by atoms with Crippen LogP contribution in [0.4, 0.5) is 0 Å². The number of hydrogen-bond donors (Lipinski definition) is 1. The maximum Gasteiger partial charge on any atom is 0.137 e. The van der Waals surface area contributed by atoms with E-state index in [1.807, 2.05) is 4.68 Å². The maximum absolute atomic E-state index is 4.07. The molecular formula is C10H14N4S. The van der Waals surface area contributed by atoms with Crippen molar-refractivity contribution < 1.29 is 0 Å². The molecule has 0 spiro atoms. The van der Waals surface area contributed by atoms with Crippen molar-refractivity contribution in [2.45, 2.75) is 26.1 Å². The van der Waals surface area contributed by atoms with Crippen LogP contribution in [0, 0.1) is 0 Å². The van der Waals surface area contributed by atoms with Gasteiger partial charge in [-0.2, -0.15) is 5.10 Å². The van der Waals surface area contributed by atoms with Crippen molar-refractivity contribution in [3.63, 3.8) is 0 Å². The van der Waals surface area contributed by atoms with Crippen molar-refractivity contribution in [2.75, 3.05) is 0 Å². The van der Waals surface area contributed by atoms with Crippen LogP contribution in [0.1, 0.15) is 11.8 Å². The van der Waals surface area contributed by atoms with Crippen molar-refractivity contribution in [1.82, 2.24) is 20.1 Å². The summed E-state index contributed by atoms with van der Waals surface area (Å²) < 4.78 is 1.84. The van der Waals surface area contributed by atoms with E-state index in [1.165, 1.54) is 4.88 Å². The second-order valence-electron chi connectivity index (χ2n) is 3.48. The van der Waals surface area contributed by atoms with Gasteiger partial charge in [-0.25, -0.2) is 4.98 Å². The molecule has 0 amide bonds. The van der Waals surface area contributed by atoms with E-state index in [2.05, 4.69) is 39.8 Å². The molecule has 0 saturated carbocycles. The lowest BCUT2D eigenvalue weighted by Crippen LogP contribution is -2.29. The van der Waals surface area contributed by atoms with Crippen molar-refractivity contribution in [3.05, 3.63) is 35.0 Å². The summed E-state index contributed by atoms with van der Waals surface area (Å²) in [5.74, 6) is 0.